The highest BCUT2D eigenvalue weighted by Gasteiger charge is 2.27. The number of ether oxygens (including phenoxy) is 1. The first-order valence-electron chi connectivity index (χ1n) is 8.55. The van der Waals surface area contributed by atoms with Crippen LogP contribution < -0.4 is 10.1 Å². The minimum Gasteiger partial charge on any atom is -0.497 e. The lowest BCUT2D eigenvalue weighted by molar-refractivity contribution is -0.122. The molecule has 0 unspecified atom stereocenters. The summed E-state index contributed by atoms with van der Waals surface area (Å²) in [4.78, 5) is 14.5. The first-order chi connectivity index (χ1) is 12.2. The molecule has 5 heteroatoms. The monoisotopic (exact) mass is 342 g/mol. The molecule has 0 spiro atoms. The maximum absolute atomic E-state index is 12.9. The van der Waals surface area contributed by atoms with Crippen molar-refractivity contribution in [2.45, 2.75) is 25.4 Å². The van der Waals surface area contributed by atoms with Crippen LogP contribution in [0.1, 0.15) is 30.0 Å². The zero-order valence-electron chi connectivity index (χ0n) is 14.4. The molecule has 132 valence electrons. The van der Waals surface area contributed by atoms with E-state index in [1.54, 1.807) is 19.2 Å². The second-order valence-electron chi connectivity index (χ2n) is 6.31. The number of amides is 1. The molecule has 3 rings (SSSR count). The van der Waals surface area contributed by atoms with Gasteiger partial charge in [0.05, 0.1) is 13.7 Å². The summed E-state index contributed by atoms with van der Waals surface area (Å²) in [7, 11) is 1.66. The van der Waals surface area contributed by atoms with Gasteiger partial charge < -0.3 is 10.1 Å². The average molecular weight is 342 g/mol. The summed E-state index contributed by atoms with van der Waals surface area (Å²) in [5.41, 5.74) is 2.07. The van der Waals surface area contributed by atoms with Gasteiger partial charge in [-0.15, -0.1) is 0 Å². The van der Waals surface area contributed by atoms with Crippen molar-refractivity contribution in [3.8, 4) is 5.75 Å². The molecule has 1 aliphatic rings. The van der Waals surface area contributed by atoms with Gasteiger partial charge in [-0.2, -0.15) is 0 Å². The number of halogens is 1. The second-order valence-corrected chi connectivity index (χ2v) is 6.31. The van der Waals surface area contributed by atoms with E-state index in [2.05, 4.69) is 16.3 Å². The third-order valence-corrected chi connectivity index (χ3v) is 4.59. The van der Waals surface area contributed by atoms with Crippen molar-refractivity contribution in [3.63, 3.8) is 0 Å². The number of nitrogens with one attached hydrogen (secondary N) is 1. The quantitative estimate of drug-likeness (QED) is 0.876. The molecule has 1 heterocycles. The lowest BCUT2D eigenvalue weighted by atomic mass is 10.0. The zero-order chi connectivity index (χ0) is 17.6. The molecule has 1 aliphatic heterocycles. The SMILES string of the molecule is COc1cccc([C@H]2CCCN2CC(=O)NCc2ccc(F)cc2)c1. The highest BCUT2D eigenvalue weighted by Crippen LogP contribution is 2.32. The molecule has 1 amide bonds. The van der Waals surface area contributed by atoms with Gasteiger partial charge >= 0.3 is 0 Å². The molecule has 0 bridgehead atoms. The third-order valence-electron chi connectivity index (χ3n) is 4.59. The van der Waals surface area contributed by atoms with Crippen molar-refractivity contribution >= 4 is 5.91 Å². The Kier molecular flexibility index (Phi) is 5.66. The largest absolute Gasteiger partial charge is 0.497 e. The van der Waals surface area contributed by atoms with E-state index in [0.29, 0.717) is 13.1 Å². The van der Waals surface area contributed by atoms with Gasteiger partial charge in [0.25, 0.3) is 0 Å². The van der Waals surface area contributed by atoms with Crippen molar-refractivity contribution in [2.24, 2.45) is 0 Å². The number of likely N-dealkylation sites (tertiary alicyclic amines) is 1. The van der Waals surface area contributed by atoms with Crippen LogP contribution in [0.15, 0.2) is 48.5 Å². The molecule has 25 heavy (non-hydrogen) atoms. The minimum absolute atomic E-state index is 0.0147. The number of benzene rings is 2. The second kappa shape index (κ2) is 8.12. The van der Waals surface area contributed by atoms with Gasteiger partial charge in [-0.05, 0) is 54.8 Å². The molecule has 1 fully saturated rings. The van der Waals surface area contributed by atoms with Gasteiger partial charge in [-0.25, -0.2) is 4.39 Å². The van der Waals surface area contributed by atoms with E-state index in [9.17, 15) is 9.18 Å². The molecule has 0 aliphatic carbocycles. The molecule has 0 radical (unpaired) electrons. The lowest BCUT2D eigenvalue weighted by Crippen LogP contribution is -2.36. The number of hydrogen-bond donors (Lipinski definition) is 1. The fraction of sp³-hybridized carbons (Fsp3) is 0.350. The molecule has 1 atom stereocenters. The fourth-order valence-electron chi connectivity index (χ4n) is 3.28. The van der Waals surface area contributed by atoms with Gasteiger partial charge in [-0.1, -0.05) is 24.3 Å². The summed E-state index contributed by atoms with van der Waals surface area (Å²) in [5, 5.41) is 2.91. The van der Waals surface area contributed by atoms with Crippen molar-refractivity contribution in [3.05, 3.63) is 65.5 Å². The Labute approximate surface area is 147 Å². The third kappa shape index (κ3) is 4.57. The molecule has 2 aromatic carbocycles. The highest BCUT2D eigenvalue weighted by molar-refractivity contribution is 5.78. The van der Waals surface area contributed by atoms with E-state index in [0.717, 1.165) is 30.7 Å². The zero-order valence-corrected chi connectivity index (χ0v) is 14.4. The van der Waals surface area contributed by atoms with Crippen molar-refractivity contribution in [2.75, 3.05) is 20.2 Å². The average Bonchev–Trinajstić information content (AvgIpc) is 3.09. The first kappa shape index (κ1) is 17.4. The van der Waals surface area contributed by atoms with Gasteiger partial charge in [0, 0.05) is 12.6 Å². The van der Waals surface area contributed by atoms with Gasteiger partial charge in [0.2, 0.25) is 5.91 Å². The van der Waals surface area contributed by atoms with Crippen LogP contribution in [0, 0.1) is 5.82 Å². The van der Waals surface area contributed by atoms with Crippen LogP contribution in [0.25, 0.3) is 0 Å². The summed E-state index contributed by atoms with van der Waals surface area (Å²) < 4.78 is 18.2. The smallest absolute Gasteiger partial charge is 0.234 e. The number of hydrogen-bond acceptors (Lipinski definition) is 3. The van der Waals surface area contributed by atoms with Gasteiger partial charge in [-0.3, -0.25) is 9.69 Å². The molecule has 1 N–H and O–H groups in total. The van der Waals surface area contributed by atoms with E-state index in [-0.39, 0.29) is 17.8 Å². The maximum atomic E-state index is 12.9. The Morgan fingerprint density at radius 3 is 2.84 bits per heavy atom. The molecule has 4 nitrogen and oxygen atoms in total. The summed E-state index contributed by atoms with van der Waals surface area (Å²) in [6, 6.07) is 14.5. The Balaban J connectivity index is 1.57. The van der Waals surface area contributed by atoms with Crippen molar-refractivity contribution < 1.29 is 13.9 Å². The number of rotatable bonds is 6. The molecular weight excluding hydrogens is 319 g/mol. The number of carbonyl (C=O) groups excluding carboxylic acids is 1. The summed E-state index contributed by atoms with van der Waals surface area (Å²) in [6.45, 7) is 1.69. The molecular formula is C20H23FN2O2. The number of nitrogens with zero attached hydrogens (tertiary/aromatic N) is 1. The number of carbonyl (C=O) groups is 1. The van der Waals surface area contributed by atoms with E-state index in [1.165, 1.54) is 17.7 Å². The molecule has 1 saturated heterocycles. The van der Waals surface area contributed by atoms with Crippen LogP contribution >= 0.6 is 0 Å². The molecule has 0 saturated carbocycles. The van der Waals surface area contributed by atoms with Gasteiger partial charge in [0.15, 0.2) is 0 Å². The fourth-order valence-corrected chi connectivity index (χ4v) is 3.28. The van der Waals surface area contributed by atoms with Crippen LogP contribution in [-0.4, -0.2) is 31.0 Å². The van der Waals surface area contributed by atoms with E-state index >= 15 is 0 Å². The Bertz CT molecular complexity index is 718. The topological polar surface area (TPSA) is 41.6 Å². The minimum atomic E-state index is -0.270. The summed E-state index contributed by atoms with van der Waals surface area (Å²) >= 11 is 0. The first-order valence-corrected chi connectivity index (χ1v) is 8.55. The molecule has 0 aromatic heterocycles. The maximum Gasteiger partial charge on any atom is 0.234 e. The standard InChI is InChI=1S/C20H23FN2O2/c1-25-18-5-2-4-16(12-18)19-6-3-11-23(19)14-20(24)22-13-15-7-9-17(21)10-8-15/h2,4-5,7-10,12,19H,3,6,11,13-14H2,1H3,(H,22,24)/t19-/m1/s1. The Morgan fingerprint density at radius 2 is 2.08 bits per heavy atom. The predicted octanol–water partition coefficient (Wildman–Crippen LogP) is 3.29. The Hall–Kier alpha value is -2.40. The lowest BCUT2D eigenvalue weighted by Gasteiger charge is -2.24. The highest BCUT2D eigenvalue weighted by atomic mass is 19.1. The van der Waals surface area contributed by atoms with Crippen LogP contribution in [0.3, 0.4) is 0 Å². The Morgan fingerprint density at radius 1 is 1.28 bits per heavy atom. The van der Waals surface area contributed by atoms with Crippen molar-refractivity contribution in [1.29, 1.82) is 0 Å². The van der Waals surface area contributed by atoms with Crippen LogP contribution in [0.4, 0.5) is 4.39 Å². The predicted molar refractivity (Wildman–Crippen MR) is 94.8 cm³/mol. The van der Waals surface area contributed by atoms with Crippen molar-refractivity contribution in [1.82, 2.24) is 10.2 Å². The number of methoxy groups -OCH3 is 1. The van der Waals surface area contributed by atoms with Crippen LogP contribution in [0.2, 0.25) is 0 Å². The van der Waals surface area contributed by atoms with E-state index in [1.807, 2.05) is 18.2 Å². The van der Waals surface area contributed by atoms with E-state index in [4.69, 9.17) is 4.74 Å². The summed E-state index contributed by atoms with van der Waals surface area (Å²) in [5.74, 6) is 0.553. The van der Waals surface area contributed by atoms with Crippen LogP contribution in [-0.2, 0) is 11.3 Å². The molecule has 2 aromatic rings. The van der Waals surface area contributed by atoms with E-state index < -0.39 is 0 Å². The van der Waals surface area contributed by atoms with Crippen LogP contribution in [0.5, 0.6) is 5.75 Å². The normalized spacial score (nSPS) is 17.4. The van der Waals surface area contributed by atoms with Gasteiger partial charge in [0.1, 0.15) is 11.6 Å². The summed E-state index contributed by atoms with van der Waals surface area (Å²) in [6.07, 6.45) is 2.12.